The fourth-order valence-electron chi connectivity index (χ4n) is 2.07. The van der Waals surface area contributed by atoms with Crippen molar-refractivity contribution >= 4 is 0 Å². The largest absolute Gasteiger partial charge is 0.374 e. The number of rotatable bonds is 3. The van der Waals surface area contributed by atoms with Crippen LogP contribution in [-0.4, -0.2) is 7.11 Å². The third-order valence-electron chi connectivity index (χ3n) is 3.55. The van der Waals surface area contributed by atoms with Crippen LogP contribution in [0.3, 0.4) is 0 Å². The summed E-state index contributed by atoms with van der Waals surface area (Å²) in [5, 5.41) is 0. The lowest BCUT2D eigenvalue weighted by molar-refractivity contribution is 0.0192. The highest BCUT2D eigenvalue weighted by Crippen LogP contribution is 2.28. The average molecular weight is 240 g/mol. The topological polar surface area (TPSA) is 9.23 Å². The van der Waals surface area contributed by atoms with E-state index in [1.807, 2.05) is 0 Å². The summed E-state index contributed by atoms with van der Waals surface area (Å²) in [6, 6.07) is 17.1. The molecule has 0 aromatic heterocycles. The van der Waals surface area contributed by atoms with Gasteiger partial charge in [0.15, 0.2) is 0 Å². The van der Waals surface area contributed by atoms with Crippen LogP contribution in [0.1, 0.15) is 25.0 Å². The number of aryl methyl sites for hydroxylation is 1. The first kappa shape index (κ1) is 12.8. The van der Waals surface area contributed by atoms with E-state index < -0.39 is 0 Å². The second kappa shape index (κ2) is 4.95. The fraction of sp³-hybridized carbons (Fsp3) is 0.294. The van der Waals surface area contributed by atoms with Crippen LogP contribution >= 0.6 is 0 Å². The summed E-state index contributed by atoms with van der Waals surface area (Å²) in [5.74, 6) is 0. The van der Waals surface area contributed by atoms with Crippen molar-refractivity contribution in [3.63, 3.8) is 0 Å². The van der Waals surface area contributed by atoms with Crippen LogP contribution in [0.15, 0.2) is 48.5 Å². The molecule has 0 unspecified atom stereocenters. The molecule has 0 aliphatic rings. The number of benzene rings is 2. The van der Waals surface area contributed by atoms with Gasteiger partial charge in [0, 0.05) is 7.11 Å². The lowest BCUT2D eigenvalue weighted by Gasteiger charge is -2.23. The summed E-state index contributed by atoms with van der Waals surface area (Å²) in [5.41, 5.74) is 4.81. The van der Waals surface area contributed by atoms with Gasteiger partial charge in [0.1, 0.15) is 0 Å². The monoisotopic (exact) mass is 240 g/mol. The molecule has 1 nitrogen and oxygen atoms in total. The molecule has 0 saturated heterocycles. The Morgan fingerprint density at radius 1 is 0.889 bits per heavy atom. The molecule has 0 radical (unpaired) electrons. The van der Waals surface area contributed by atoms with Gasteiger partial charge in [0.25, 0.3) is 0 Å². The van der Waals surface area contributed by atoms with Crippen LogP contribution < -0.4 is 0 Å². The van der Waals surface area contributed by atoms with Gasteiger partial charge in [-0.1, -0.05) is 48.5 Å². The Morgan fingerprint density at radius 3 is 2.06 bits per heavy atom. The lowest BCUT2D eigenvalue weighted by Crippen LogP contribution is -2.19. The van der Waals surface area contributed by atoms with E-state index in [9.17, 15) is 0 Å². The van der Waals surface area contributed by atoms with Crippen molar-refractivity contribution < 1.29 is 4.74 Å². The van der Waals surface area contributed by atoms with Gasteiger partial charge in [0.05, 0.1) is 5.60 Å². The van der Waals surface area contributed by atoms with Gasteiger partial charge in [-0.05, 0) is 43.0 Å². The first-order valence-electron chi connectivity index (χ1n) is 6.26. The highest BCUT2D eigenvalue weighted by molar-refractivity contribution is 5.67. The van der Waals surface area contributed by atoms with E-state index in [1.54, 1.807) is 7.11 Å². The average Bonchev–Trinajstić information content (AvgIpc) is 2.39. The van der Waals surface area contributed by atoms with Crippen molar-refractivity contribution in [2.45, 2.75) is 26.4 Å². The Hall–Kier alpha value is -1.60. The second-order valence-corrected chi connectivity index (χ2v) is 5.11. The van der Waals surface area contributed by atoms with Crippen molar-refractivity contribution in [3.05, 3.63) is 59.7 Å². The number of hydrogen-bond acceptors (Lipinski definition) is 1. The molecular weight excluding hydrogens is 220 g/mol. The van der Waals surface area contributed by atoms with Gasteiger partial charge in [-0.25, -0.2) is 0 Å². The number of hydrogen-bond donors (Lipinski definition) is 0. The molecule has 2 rings (SSSR count). The molecular formula is C17H20O. The molecule has 0 spiro atoms. The molecule has 2 aromatic rings. The Kier molecular flexibility index (Phi) is 3.53. The summed E-state index contributed by atoms with van der Waals surface area (Å²) in [7, 11) is 1.75. The molecule has 0 N–H and O–H groups in total. The zero-order valence-electron chi connectivity index (χ0n) is 11.5. The Balaban J connectivity index is 2.37. The SMILES string of the molecule is COC(C)(C)c1ccc(-c2ccccc2C)cc1. The first-order valence-corrected chi connectivity index (χ1v) is 6.26. The smallest absolute Gasteiger partial charge is 0.0871 e. The summed E-state index contributed by atoms with van der Waals surface area (Å²) in [6.07, 6.45) is 0. The predicted octanol–water partition coefficient (Wildman–Crippen LogP) is 4.54. The Bertz CT molecular complexity index is 524. The molecule has 94 valence electrons. The Labute approximate surface area is 109 Å². The summed E-state index contributed by atoms with van der Waals surface area (Å²) in [4.78, 5) is 0. The van der Waals surface area contributed by atoms with Gasteiger partial charge in [-0.3, -0.25) is 0 Å². The highest BCUT2D eigenvalue weighted by atomic mass is 16.5. The number of ether oxygens (including phenoxy) is 1. The minimum Gasteiger partial charge on any atom is -0.374 e. The van der Waals surface area contributed by atoms with Crippen molar-refractivity contribution in [1.82, 2.24) is 0 Å². The molecule has 0 bridgehead atoms. The maximum absolute atomic E-state index is 5.49. The van der Waals surface area contributed by atoms with Gasteiger partial charge >= 0.3 is 0 Å². The molecule has 0 amide bonds. The third-order valence-corrected chi connectivity index (χ3v) is 3.55. The lowest BCUT2D eigenvalue weighted by atomic mass is 9.94. The molecule has 0 fully saturated rings. The van der Waals surface area contributed by atoms with Gasteiger partial charge in [0.2, 0.25) is 0 Å². The van der Waals surface area contributed by atoms with Crippen LogP contribution in [0, 0.1) is 6.92 Å². The van der Waals surface area contributed by atoms with Crippen LogP contribution in [0.2, 0.25) is 0 Å². The van der Waals surface area contributed by atoms with Crippen molar-refractivity contribution in [1.29, 1.82) is 0 Å². The molecule has 18 heavy (non-hydrogen) atoms. The third kappa shape index (κ3) is 2.46. The molecule has 2 aromatic carbocycles. The first-order chi connectivity index (χ1) is 8.54. The van der Waals surface area contributed by atoms with Crippen molar-refractivity contribution in [2.75, 3.05) is 7.11 Å². The standard InChI is InChI=1S/C17H20O/c1-13-7-5-6-8-16(13)14-9-11-15(12-10-14)17(2,3)18-4/h5-12H,1-4H3. The summed E-state index contributed by atoms with van der Waals surface area (Å²) in [6.45, 7) is 6.30. The van der Waals surface area contributed by atoms with Gasteiger partial charge in [-0.2, -0.15) is 0 Å². The zero-order valence-corrected chi connectivity index (χ0v) is 11.5. The molecule has 1 heteroatoms. The van der Waals surface area contributed by atoms with E-state index in [0.29, 0.717) is 0 Å². The Morgan fingerprint density at radius 2 is 1.50 bits per heavy atom. The van der Waals surface area contributed by atoms with Gasteiger partial charge in [-0.15, -0.1) is 0 Å². The number of methoxy groups -OCH3 is 1. The van der Waals surface area contributed by atoms with E-state index in [2.05, 4.69) is 69.3 Å². The highest BCUT2D eigenvalue weighted by Gasteiger charge is 2.18. The molecule has 0 saturated carbocycles. The van der Waals surface area contributed by atoms with Crippen LogP contribution in [0.4, 0.5) is 0 Å². The van der Waals surface area contributed by atoms with Crippen molar-refractivity contribution in [2.24, 2.45) is 0 Å². The van der Waals surface area contributed by atoms with Gasteiger partial charge < -0.3 is 4.74 Å². The predicted molar refractivity (Wildman–Crippen MR) is 76.7 cm³/mol. The van der Waals surface area contributed by atoms with E-state index in [4.69, 9.17) is 4.74 Å². The molecule has 0 atom stereocenters. The van der Waals surface area contributed by atoms with Crippen LogP contribution in [-0.2, 0) is 10.3 Å². The molecule has 0 heterocycles. The summed E-state index contributed by atoms with van der Waals surface area (Å²) < 4.78 is 5.49. The van der Waals surface area contributed by atoms with E-state index in [-0.39, 0.29) is 5.60 Å². The normalized spacial score (nSPS) is 11.6. The summed E-state index contributed by atoms with van der Waals surface area (Å²) >= 11 is 0. The molecule has 0 aliphatic heterocycles. The van der Waals surface area contributed by atoms with E-state index >= 15 is 0 Å². The van der Waals surface area contributed by atoms with Crippen LogP contribution in [0.25, 0.3) is 11.1 Å². The minimum absolute atomic E-state index is 0.232. The zero-order chi connectivity index (χ0) is 13.2. The van der Waals surface area contributed by atoms with Crippen molar-refractivity contribution in [3.8, 4) is 11.1 Å². The fourth-order valence-corrected chi connectivity index (χ4v) is 2.07. The second-order valence-electron chi connectivity index (χ2n) is 5.11. The maximum Gasteiger partial charge on any atom is 0.0871 e. The minimum atomic E-state index is -0.232. The van der Waals surface area contributed by atoms with Crippen LogP contribution in [0.5, 0.6) is 0 Å². The molecule has 0 aliphatic carbocycles. The maximum atomic E-state index is 5.49. The quantitative estimate of drug-likeness (QED) is 0.765. The van der Waals surface area contributed by atoms with E-state index in [1.165, 1.54) is 22.3 Å². The van der Waals surface area contributed by atoms with E-state index in [0.717, 1.165) is 0 Å².